The molecule has 0 bridgehead atoms. The molecule has 0 saturated carbocycles. The predicted molar refractivity (Wildman–Crippen MR) is 55.1 cm³/mol. The molecule has 1 aliphatic rings. The Hall–Kier alpha value is -0.610. The molecule has 0 aliphatic carbocycles. The molecule has 1 aliphatic heterocycles. The minimum absolute atomic E-state index is 0.582. The fourth-order valence-corrected chi connectivity index (χ4v) is 1.96. The number of carboxylic acid groups (broad SMARTS) is 1. The number of rotatable bonds is 5. The molecule has 3 N–H and O–H groups in total. The van der Waals surface area contributed by atoms with Crippen LogP contribution in [0.4, 0.5) is 0 Å². The largest absolute Gasteiger partial charge is 0.480 e. The summed E-state index contributed by atoms with van der Waals surface area (Å²) in [7, 11) is 0. The summed E-state index contributed by atoms with van der Waals surface area (Å²) in [5.41, 5.74) is 5.42. The van der Waals surface area contributed by atoms with Gasteiger partial charge in [0.05, 0.1) is 0 Å². The van der Waals surface area contributed by atoms with E-state index in [1.807, 2.05) is 0 Å². The monoisotopic (exact) mass is 200 g/mol. The van der Waals surface area contributed by atoms with E-state index in [9.17, 15) is 4.79 Å². The molecule has 0 aromatic heterocycles. The molecule has 4 heteroatoms. The summed E-state index contributed by atoms with van der Waals surface area (Å²) in [5, 5.41) is 8.59. The average molecular weight is 200 g/mol. The Bertz CT molecular complexity index is 197. The van der Waals surface area contributed by atoms with Gasteiger partial charge in [-0.05, 0) is 45.7 Å². The molecule has 0 amide bonds. The molecule has 4 nitrogen and oxygen atoms in total. The van der Waals surface area contributed by atoms with Crippen LogP contribution in [0.2, 0.25) is 0 Å². The number of carbonyl (C=O) groups is 1. The molecular formula is C10H20N2O2. The van der Waals surface area contributed by atoms with E-state index in [2.05, 4.69) is 11.8 Å². The predicted octanol–water partition coefficient (Wildman–Crippen LogP) is 0.663. The third-order valence-corrected chi connectivity index (χ3v) is 2.97. The van der Waals surface area contributed by atoms with Crippen molar-refractivity contribution in [1.82, 2.24) is 4.90 Å². The van der Waals surface area contributed by atoms with Crippen LogP contribution in [0.3, 0.4) is 0 Å². The summed E-state index contributed by atoms with van der Waals surface area (Å²) in [6.45, 7) is 4.37. The molecule has 82 valence electrons. The Labute approximate surface area is 85.1 Å². The standard InChI is InChI=1S/C10H20N2O2/c1-8-4-2-6-12(8)7-3-5-9(11)10(13)14/h8-9H,2-7,11H2,1H3,(H,13,14). The molecule has 1 fully saturated rings. The quantitative estimate of drug-likeness (QED) is 0.684. The first-order valence-electron chi connectivity index (χ1n) is 5.33. The van der Waals surface area contributed by atoms with Crippen LogP contribution in [0.1, 0.15) is 32.6 Å². The van der Waals surface area contributed by atoms with Gasteiger partial charge in [-0.25, -0.2) is 0 Å². The van der Waals surface area contributed by atoms with Crippen molar-refractivity contribution in [3.63, 3.8) is 0 Å². The molecule has 1 saturated heterocycles. The van der Waals surface area contributed by atoms with Crippen LogP contribution in [0.15, 0.2) is 0 Å². The van der Waals surface area contributed by atoms with E-state index in [0.29, 0.717) is 12.5 Å². The Balaban J connectivity index is 2.11. The van der Waals surface area contributed by atoms with Gasteiger partial charge in [-0.3, -0.25) is 4.79 Å². The molecule has 0 aromatic rings. The van der Waals surface area contributed by atoms with Crippen molar-refractivity contribution in [2.75, 3.05) is 13.1 Å². The van der Waals surface area contributed by atoms with Gasteiger partial charge in [0.2, 0.25) is 0 Å². The Morgan fingerprint density at radius 3 is 2.93 bits per heavy atom. The van der Waals surface area contributed by atoms with Gasteiger partial charge in [-0.2, -0.15) is 0 Å². The summed E-state index contributed by atoms with van der Waals surface area (Å²) < 4.78 is 0. The Kier molecular flexibility index (Phi) is 4.35. The molecule has 1 rings (SSSR count). The Morgan fingerprint density at radius 1 is 1.71 bits per heavy atom. The van der Waals surface area contributed by atoms with Gasteiger partial charge in [-0.15, -0.1) is 0 Å². The number of likely N-dealkylation sites (tertiary alicyclic amines) is 1. The summed E-state index contributed by atoms with van der Waals surface area (Å²) in [6, 6.07) is -0.0241. The summed E-state index contributed by atoms with van der Waals surface area (Å²) in [5.74, 6) is -0.889. The van der Waals surface area contributed by atoms with Crippen LogP contribution in [0.5, 0.6) is 0 Å². The molecule has 2 unspecified atom stereocenters. The smallest absolute Gasteiger partial charge is 0.320 e. The van der Waals surface area contributed by atoms with Crippen molar-refractivity contribution in [1.29, 1.82) is 0 Å². The maximum atomic E-state index is 10.5. The normalized spacial score (nSPS) is 25.1. The van der Waals surface area contributed by atoms with Crippen LogP contribution in [-0.2, 0) is 4.79 Å². The fourth-order valence-electron chi connectivity index (χ4n) is 1.96. The number of hydrogen-bond acceptors (Lipinski definition) is 3. The first kappa shape index (κ1) is 11.5. The van der Waals surface area contributed by atoms with Crippen molar-refractivity contribution in [3.8, 4) is 0 Å². The van der Waals surface area contributed by atoms with Crippen molar-refractivity contribution >= 4 is 5.97 Å². The second kappa shape index (κ2) is 5.32. The third-order valence-electron chi connectivity index (χ3n) is 2.97. The molecule has 2 atom stereocenters. The average Bonchev–Trinajstić information content (AvgIpc) is 2.51. The number of aliphatic carboxylic acids is 1. The highest BCUT2D eigenvalue weighted by atomic mass is 16.4. The molecule has 0 radical (unpaired) electrons. The highest BCUT2D eigenvalue weighted by Gasteiger charge is 2.20. The lowest BCUT2D eigenvalue weighted by Crippen LogP contribution is -2.33. The first-order chi connectivity index (χ1) is 6.61. The van der Waals surface area contributed by atoms with E-state index in [1.54, 1.807) is 0 Å². The van der Waals surface area contributed by atoms with E-state index in [0.717, 1.165) is 19.5 Å². The number of nitrogens with zero attached hydrogens (tertiary/aromatic N) is 1. The second-order valence-corrected chi connectivity index (χ2v) is 4.11. The van der Waals surface area contributed by atoms with Crippen molar-refractivity contribution < 1.29 is 9.90 Å². The van der Waals surface area contributed by atoms with Gasteiger partial charge in [0.1, 0.15) is 6.04 Å². The zero-order valence-electron chi connectivity index (χ0n) is 8.78. The first-order valence-corrected chi connectivity index (χ1v) is 5.33. The van der Waals surface area contributed by atoms with Crippen molar-refractivity contribution in [3.05, 3.63) is 0 Å². The maximum absolute atomic E-state index is 10.5. The van der Waals surface area contributed by atoms with Gasteiger partial charge in [0, 0.05) is 6.04 Å². The van der Waals surface area contributed by atoms with E-state index in [1.165, 1.54) is 12.8 Å². The lowest BCUT2D eigenvalue weighted by molar-refractivity contribution is -0.138. The maximum Gasteiger partial charge on any atom is 0.320 e. The van der Waals surface area contributed by atoms with Crippen LogP contribution >= 0.6 is 0 Å². The van der Waals surface area contributed by atoms with E-state index in [-0.39, 0.29) is 0 Å². The van der Waals surface area contributed by atoms with Gasteiger partial charge >= 0.3 is 5.97 Å². The number of carboxylic acids is 1. The van der Waals surface area contributed by atoms with E-state index >= 15 is 0 Å². The SMILES string of the molecule is CC1CCCN1CCCC(N)C(=O)O. The topological polar surface area (TPSA) is 66.6 Å². The molecule has 0 spiro atoms. The van der Waals surface area contributed by atoms with Gasteiger partial charge in [0.15, 0.2) is 0 Å². The van der Waals surface area contributed by atoms with E-state index in [4.69, 9.17) is 10.8 Å². The Morgan fingerprint density at radius 2 is 2.43 bits per heavy atom. The molecule has 0 aromatic carbocycles. The van der Waals surface area contributed by atoms with Crippen LogP contribution in [0.25, 0.3) is 0 Å². The lowest BCUT2D eigenvalue weighted by atomic mass is 10.1. The van der Waals surface area contributed by atoms with Crippen LogP contribution in [0, 0.1) is 0 Å². The summed E-state index contributed by atoms with van der Waals surface area (Å²) >= 11 is 0. The van der Waals surface area contributed by atoms with Gasteiger partial charge in [0.25, 0.3) is 0 Å². The third kappa shape index (κ3) is 3.27. The highest BCUT2D eigenvalue weighted by Crippen LogP contribution is 2.16. The lowest BCUT2D eigenvalue weighted by Gasteiger charge is -2.20. The zero-order chi connectivity index (χ0) is 10.6. The van der Waals surface area contributed by atoms with Crippen LogP contribution in [-0.4, -0.2) is 41.1 Å². The van der Waals surface area contributed by atoms with Crippen molar-refractivity contribution in [2.24, 2.45) is 5.73 Å². The van der Waals surface area contributed by atoms with E-state index < -0.39 is 12.0 Å². The van der Waals surface area contributed by atoms with Gasteiger partial charge < -0.3 is 15.7 Å². The summed E-state index contributed by atoms with van der Waals surface area (Å²) in [4.78, 5) is 12.9. The highest BCUT2D eigenvalue weighted by molar-refractivity contribution is 5.72. The zero-order valence-corrected chi connectivity index (χ0v) is 8.78. The molecule has 14 heavy (non-hydrogen) atoms. The fraction of sp³-hybridized carbons (Fsp3) is 0.900. The molecule has 1 heterocycles. The summed E-state index contributed by atoms with van der Waals surface area (Å²) in [6.07, 6.45) is 4.01. The van der Waals surface area contributed by atoms with Crippen molar-refractivity contribution in [2.45, 2.75) is 44.7 Å². The second-order valence-electron chi connectivity index (χ2n) is 4.11. The van der Waals surface area contributed by atoms with Gasteiger partial charge in [-0.1, -0.05) is 0 Å². The minimum Gasteiger partial charge on any atom is -0.480 e. The molecular weight excluding hydrogens is 180 g/mol. The number of hydrogen-bond donors (Lipinski definition) is 2. The van der Waals surface area contributed by atoms with Crippen LogP contribution < -0.4 is 5.73 Å². The minimum atomic E-state index is -0.889. The number of nitrogens with two attached hydrogens (primary N) is 1.